The number of likely N-dealkylation sites (N-methyl/N-ethyl adjacent to an activating group) is 1. The molecule has 4 N–H and O–H groups in total. The molecule has 0 spiro atoms. The van der Waals surface area contributed by atoms with E-state index in [9.17, 15) is 4.79 Å². The number of nitrogens with one attached hydrogen (secondary N) is 1. The van der Waals surface area contributed by atoms with E-state index in [1.165, 1.54) is 7.11 Å². The topological polar surface area (TPSA) is 93.8 Å². The van der Waals surface area contributed by atoms with Crippen LogP contribution < -0.4 is 20.5 Å². The summed E-state index contributed by atoms with van der Waals surface area (Å²) in [4.78, 5) is 11.5. The van der Waals surface area contributed by atoms with Gasteiger partial charge in [0.05, 0.1) is 13.7 Å². The summed E-state index contributed by atoms with van der Waals surface area (Å²) in [5.41, 5.74) is 5.16. The first-order chi connectivity index (χ1) is 9.46. The molecule has 20 heavy (non-hydrogen) atoms. The van der Waals surface area contributed by atoms with Crippen LogP contribution in [-0.2, 0) is 11.4 Å². The first kappa shape index (κ1) is 16.3. The number of methoxy groups -OCH3 is 1. The Morgan fingerprint density at radius 1 is 1.45 bits per heavy atom. The van der Waals surface area contributed by atoms with Crippen LogP contribution in [0, 0.1) is 0 Å². The molecule has 1 amide bonds. The highest BCUT2D eigenvalue weighted by atomic mass is 16.5. The maximum absolute atomic E-state index is 11.5. The Bertz CT molecular complexity index is 464. The molecule has 112 valence electrons. The average Bonchev–Trinajstić information content (AvgIpc) is 2.45. The standard InChI is InChI=1S/C14H22N2O4/c1-4-16-14(2,13(15)18)9-20-11-6-5-10(8-17)7-12(11)19-3/h5-7,16-17H,4,8-9H2,1-3H3,(H2,15,18). The van der Waals surface area contributed by atoms with Gasteiger partial charge in [-0.15, -0.1) is 0 Å². The fourth-order valence-corrected chi connectivity index (χ4v) is 1.75. The summed E-state index contributed by atoms with van der Waals surface area (Å²) >= 11 is 0. The molecule has 0 radical (unpaired) electrons. The molecule has 0 heterocycles. The quantitative estimate of drug-likeness (QED) is 0.642. The zero-order chi connectivity index (χ0) is 15.2. The van der Waals surface area contributed by atoms with Crippen LogP contribution in [0.15, 0.2) is 18.2 Å². The van der Waals surface area contributed by atoms with Crippen molar-refractivity contribution in [1.29, 1.82) is 0 Å². The Balaban J connectivity index is 2.85. The first-order valence-electron chi connectivity index (χ1n) is 6.42. The highest BCUT2D eigenvalue weighted by molar-refractivity contribution is 5.84. The van der Waals surface area contributed by atoms with E-state index in [1.54, 1.807) is 25.1 Å². The van der Waals surface area contributed by atoms with Crippen LogP contribution in [0.5, 0.6) is 11.5 Å². The number of carbonyl (C=O) groups excluding carboxylic acids is 1. The summed E-state index contributed by atoms with van der Waals surface area (Å²) in [5.74, 6) is 0.514. The molecular weight excluding hydrogens is 260 g/mol. The maximum atomic E-state index is 11.5. The van der Waals surface area contributed by atoms with E-state index in [0.29, 0.717) is 18.0 Å². The van der Waals surface area contributed by atoms with Gasteiger partial charge in [0.25, 0.3) is 0 Å². The first-order valence-corrected chi connectivity index (χ1v) is 6.42. The van der Waals surface area contributed by atoms with Gasteiger partial charge in [-0.05, 0) is 31.2 Å². The summed E-state index contributed by atoms with van der Waals surface area (Å²) in [5, 5.41) is 12.1. The van der Waals surface area contributed by atoms with Crippen molar-refractivity contribution in [1.82, 2.24) is 5.32 Å². The number of ether oxygens (including phenoxy) is 2. The van der Waals surface area contributed by atoms with Crippen molar-refractivity contribution in [2.75, 3.05) is 20.3 Å². The van der Waals surface area contributed by atoms with Crippen LogP contribution in [-0.4, -0.2) is 36.8 Å². The molecule has 1 aromatic rings. The molecule has 0 aromatic heterocycles. The second-order valence-electron chi connectivity index (χ2n) is 4.66. The van der Waals surface area contributed by atoms with Crippen molar-refractivity contribution < 1.29 is 19.4 Å². The van der Waals surface area contributed by atoms with Gasteiger partial charge in [-0.2, -0.15) is 0 Å². The second-order valence-corrected chi connectivity index (χ2v) is 4.66. The number of hydrogen-bond acceptors (Lipinski definition) is 5. The van der Waals surface area contributed by atoms with Crippen LogP contribution in [0.4, 0.5) is 0 Å². The van der Waals surface area contributed by atoms with Crippen LogP contribution >= 0.6 is 0 Å². The number of aliphatic hydroxyl groups is 1. The van der Waals surface area contributed by atoms with E-state index in [0.717, 1.165) is 5.56 Å². The molecule has 0 aliphatic heterocycles. The smallest absolute Gasteiger partial charge is 0.240 e. The van der Waals surface area contributed by atoms with E-state index in [2.05, 4.69) is 5.32 Å². The molecule has 0 saturated carbocycles. The van der Waals surface area contributed by atoms with Gasteiger partial charge in [0.15, 0.2) is 11.5 Å². The summed E-state index contributed by atoms with van der Waals surface area (Å²) in [7, 11) is 1.51. The normalized spacial score (nSPS) is 13.6. The van der Waals surface area contributed by atoms with Gasteiger partial charge in [-0.25, -0.2) is 0 Å². The van der Waals surface area contributed by atoms with E-state index < -0.39 is 11.4 Å². The van der Waals surface area contributed by atoms with Gasteiger partial charge >= 0.3 is 0 Å². The van der Waals surface area contributed by atoms with Crippen LogP contribution in [0.2, 0.25) is 0 Å². The van der Waals surface area contributed by atoms with Crippen molar-refractivity contribution in [3.8, 4) is 11.5 Å². The van der Waals surface area contributed by atoms with E-state index >= 15 is 0 Å². The molecule has 1 atom stereocenters. The number of benzene rings is 1. The minimum absolute atomic E-state index is 0.0764. The molecule has 1 unspecified atom stereocenters. The van der Waals surface area contributed by atoms with Crippen LogP contribution in [0.3, 0.4) is 0 Å². The van der Waals surface area contributed by atoms with Crippen LogP contribution in [0.1, 0.15) is 19.4 Å². The third kappa shape index (κ3) is 3.85. The Kier molecular flexibility index (Phi) is 5.79. The summed E-state index contributed by atoms with van der Waals surface area (Å²) < 4.78 is 10.8. The Hall–Kier alpha value is -1.79. The number of hydrogen-bond donors (Lipinski definition) is 3. The fourth-order valence-electron chi connectivity index (χ4n) is 1.75. The van der Waals surface area contributed by atoms with E-state index in [1.807, 2.05) is 6.92 Å². The fraction of sp³-hybridized carbons (Fsp3) is 0.500. The van der Waals surface area contributed by atoms with Crippen molar-refractivity contribution in [2.24, 2.45) is 5.73 Å². The van der Waals surface area contributed by atoms with Crippen molar-refractivity contribution in [2.45, 2.75) is 26.0 Å². The highest BCUT2D eigenvalue weighted by Gasteiger charge is 2.31. The van der Waals surface area contributed by atoms with Gasteiger partial charge in [0, 0.05) is 0 Å². The zero-order valence-electron chi connectivity index (χ0n) is 12.1. The van der Waals surface area contributed by atoms with Gasteiger partial charge in [0.2, 0.25) is 5.91 Å². The van der Waals surface area contributed by atoms with Gasteiger partial charge in [-0.3, -0.25) is 4.79 Å². The lowest BCUT2D eigenvalue weighted by atomic mass is 10.0. The summed E-state index contributed by atoms with van der Waals surface area (Å²) in [6, 6.07) is 5.11. The number of nitrogens with two attached hydrogens (primary N) is 1. The van der Waals surface area contributed by atoms with Gasteiger partial charge in [0.1, 0.15) is 12.1 Å². The third-order valence-electron chi connectivity index (χ3n) is 3.04. The molecule has 1 aromatic carbocycles. The largest absolute Gasteiger partial charge is 0.493 e. The molecule has 0 aliphatic carbocycles. The second kappa shape index (κ2) is 7.12. The molecule has 6 heteroatoms. The molecule has 6 nitrogen and oxygen atoms in total. The van der Waals surface area contributed by atoms with Crippen LogP contribution in [0.25, 0.3) is 0 Å². The Morgan fingerprint density at radius 3 is 2.65 bits per heavy atom. The lowest BCUT2D eigenvalue weighted by Gasteiger charge is -2.27. The minimum Gasteiger partial charge on any atom is -0.493 e. The molecular formula is C14H22N2O4. The summed E-state index contributed by atoms with van der Waals surface area (Å²) in [6.07, 6.45) is 0. The predicted octanol–water partition coefficient (Wildman–Crippen LogP) is 0.420. The summed E-state index contributed by atoms with van der Waals surface area (Å²) in [6.45, 7) is 4.19. The Labute approximate surface area is 118 Å². The lowest BCUT2D eigenvalue weighted by Crippen LogP contribution is -2.57. The highest BCUT2D eigenvalue weighted by Crippen LogP contribution is 2.28. The average molecular weight is 282 g/mol. The zero-order valence-corrected chi connectivity index (χ0v) is 12.1. The monoisotopic (exact) mass is 282 g/mol. The number of rotatable bonds is 8. The molecule has 0 bridgehead atoms. The number of amides is 1. The number of aliphatic hydroxyl groups excluding tert-OH is 1. The lowest BCUT2D eigenvalue weighted by molar-refractivity contribution is -0.124. The number of primary amides is 1. The van der Waals surface area contributed by atoms with Gasteiger partial charge < -0.3 is 25.6 Å². The van der Waals surface area contributed by atoms with Gasteiger partial charge in [-0.1, -0.05) is 13.0 Å². The molecule has 0 fully saturated rings. The van der Waals surface area contributed by atoms with Crippen molar-refractivity contribution >= 4 is 5.91 Å². The minimum atomic E-state index is -0.949. The predicted molar refractivity (Wildman–Crippen MR) is 75.7 cm³/mol. The van der Waals surface area contributed by atoms with E-state index in [-0.39, 0.29) is 13.2 Å². The molecule has 0 aliphatic rings. The third-order valence-corrected chi connectivity index (χ3v) is 3.04. The number of carbonyl (C=O) groups is 1. The van der Waals surface area contributed by atoms with Crippen molar-refractivity contribution in [3.05, 3.63) is 23.8 Å². The maximum Gasteiger partial charge on any atom is 0.240 e. The molecule has 1 rings (SSSR count). The Morgan fingerprint density at radius 2 is 2.15 bits per heavy atom. The molecule has 0 saturated heterocycles. The van der Waals surface area contributed by atoms with Crippen molar-refractivity contribution in [3.63, 3.8) is 0 Å². The van der Waals surface area contributed by atoms with E-state index in [4.69, 9.17) is 20.3 Å². The SMILES string of the molecule is CCNC(C)(COc1ccc(CO)cc1OC)C(N)=O.